The molecule has 8 heteroatoms. The highest BCUT2D eigenvalue weighted by molar-refractivity contribution is 7.13. The van der Waals surface area contributed by atoms with E-state index in [0.29, 0.717) is 10.7 Å². The number of carbonyl (C=O) groups excluding carboxylic acids is 2. The minimum Gasteiger partial charge on any atom is -0.477 e. The van der Waals surface area contributed by atoms with E-state index in [4.69, 9.17) is 5.11 Å². The van der Waals surface area contributed by atoms with Crippen LogP contribution in [0, 0.1) is 12.8 Å². The van der Waals surface area contributed by atoms with Gasteiger partial charge in [-0.05, 0) is 32.6 Å². The number of aromatic nitrogens is 1. The van der Waals surface area contributed by atoms with E-state index in [2.05, 4.69) is 15.6 Å². The summed E-state index contributed by atoms with van der Waals surface area (Å²) < 4.78 is 0. The Morgan fingerprint density at radius 3 is 2.38 bits per heavy atom. The van der Waals surface area contributed by atoms with E-state index in [1.807, 2.05) is 0 Å². The molecule has 24 heavy (non-hydrogen) atoms. The molecule has 132 valence electrons. The molecule has 0 bridgehead atoms. The minimum absolute atomic E-state index is 0.147. The first-order valence-electron chi connectivity index (χ1n) is 8.07. The molecule has 3 N–H and O–H groups in total. The predicted octanol–water partition coefficient (Wildman–Crippen LogP) is 2.02. The highest BCUT2D eigenvalue weighted by Crippen LogP contribution is 2.29. The van der Waals surface area contributed by atoms with Crippen LogP contribution < -0.4 is 10.6 Å². The zero-order chi connectivity index (χ0) is 17.9. The van der Waals surface area contributed by atoms with Crippen LogP contribution in [-0.2, 0) is 9.59 Å². The molecular weight excluding hydrogens is 330 g/mol. The van der Waals surface area contributed by atoms with Gasteiger partial charge in [0, 0.05) is 6.92 Å². The van der Waals surface area contributed by atoms with E-state index in [0.717, 1.165) is 37.0 Å². The first-order valence-corrected chi connectivity index (χ1v) is 8.89. The van der Waals surface area contributed by atoms with Crippen LogP contribution in [0.15, 0.2) is 0 Å². The molecule has 0 aliphatic heterocycles. The lowest BCUT2D eigenvalue weighted by atomic mass is 9.97. The highest BCUT2D eigenvalue weighted by Gasteiger charge is 2.32. The average Bonchev–Trinajstić information content (AvgIpc) is 3.13. The fourth-order valence-electron chi connectivity index (χ4n) is 3.07. The molecule has 2 amide bonds. The molecule has 7 nitrogen and oxygen atoms in total. The van der Waals surface area contributed by atoms with Gasteiger partial charge in [0.05, 0.1) is 11.7 Å². The van der Waals surface area contributed by atoms with Gasteiger partial charge < -0.3 is 15.7 Å². The van der Waals surface area contributed by atoms with Gasteiger partial charge >= 0.3 is 5.97 Å². The Labute approximate surface area is 144 Å². The summed E-state index contributed by atoms with van der Waals surface area (Å²) in [7, 11) is 0. The quantitative estimate of drug-likeness (QED) is 0.725. The monoisotopic (exact) mass is 353 g/mol. The van der Waals surface area contributed by atoms with Gasteiger partial charge in [0.25, 0.3) is 0 Å². The smallest absolute Gasteiger partial charge is 0.347 e. The third-order valence-electron chi connectivity index (χ3n) is 4.25. The molecule has 1 fully saturated rings. The summed E-state index contributed by atoms with van der Waals surface area (Å²) in [6.45, 7) is 4.81. The van der Waals surface area contributed by atoms with Crippen LogP contribution in [-0.4, -0.2) is 33.9 Å². The van der Waals surface area contributed by atoms with E-state index in [1.54, 1.807) is 13.8 Å². The zero-order valence-electron chi connectivity index (χ0n) is 14.1. The van der Waals surface area contributed by atoms with Crippen molar-refractivity contribution >= 4 is 29.1 Å². The number of nitrogens with zero attached hydrogens (tertiary/aromatic N) is 1. The predicted molar refractivity (Wildman–Crippen MR) is 89.9 cm³/mol. The minimum atomic E-state index is -1.02. The van der Waals surface area contributed by atoms with Gasteiger partial charge in [0.15, 0.2) is 0 Å². The van der Waals surface area contributed by atoms with Gasteiger partial charge in [-0.25, -0.2) is 9.78 Å². The molecule has 1 heterocycles. The van der Waals surface area contributed by atoms with Crippen LogP contribution in [0.2, 0.25) is 0 Å². The number of hydrogen-bond donors (Lipinski definition) is 3. The number of hydrogen-bond acceptors (Lipinski definition) is 5. The molecule has 1 aromatic rings. The highest BCUT2D eigenvalue weighted by atomic mass is 32.1. The summed E-state index contributed by atoms with van der Waals surface area (Å²) in [6, 6.07) is -0.959. The Hall–Kier alpha value is -1.96. The summed E-state index contributed by atoms with van der Waals surface area (Å²) >= 11 is 1.06. The van der Waals surface area contributed by atoms with E-state index in [-0.39, 0.29) is 22.6 Å². The topological polar surface area (TPSA) is 108 Å². The first kappa shape index (κ1) is 18.4. The number of aryl methyl sites for hydroxylation is 1. The van der Waals surface area contributed by atoms with Crippen molar-refractivity contribution in [2.75, 3.05) is 0 Å². The summed E-state index contributed by atoms with van der Waals surface area (Å²) in [4.78, 5) is 39.6. The molecule has 2 unspecified atom stereocenters. The van der Waals surface area contributed by atoms with E-state index in [9.17, 15) is 14.4 Å². The van der Waals surface area contributed by atoms with Gasteiger partial charge in [-0.2, -0.15) is 0 Å². The Kier molecular flexibility index (Phi) is 5.93. The fraction of sp³-hybridized carbons (Fsp3) is 0.625. The van der Waals surface area contributed by atoms with Crippen molar-refractivity contribution in [2.24, 2.45) is 5.92 Å². The maximum absolute atomic E-state index is 12.6. The standard InChI is InChI=1S/C16H23N3O4S/c1-8-13(16(22)23)24-15(18-8)9(2)17-14(21)12(19-10(3)20)11-6-4-5-7-11/h9,11-12H,4-7H2,1-3H3,(H,17,21)(H,19,20)(H,22,23). The third kappa shape index (κ3) is 4.31. The molecule has 1 aliphatic carbocycles. The molecule has 2 rings (SSSR count). The van der Waals surface area contributed by atoms with Gasteiger partial charge in [0.1, 0.15) is 15.9 Å². The largest absolute Gasteiger partial charge is 0.477 e. The Morgan fingerprint density at radius 1 is 1.25 bits per heavy atom. The molecular formula is C16H23N3O4S. The van der Waals surface area contributed by atoms with Crippen LogP contribution >= 0.6 is 11.3 Å². The Balaban J connectivity index is 2.08. The van der Waals surface area contributed by atoms with Crippen LogP contribution in [0.5, 0.6) is 0 Å². The molecule has 1 aromatic heterocycles. The number of carboxylic acid groups (broad SMARTS) is 1. The van der Waals surface area contributed by atoms with Crippen molar-refractivity contribution in [3.63, 3.8) is 0 Å². The maximum Gasteiger partial charge on any atom is 0.347 e. The molecule has 1 saturated carbocycles. The zero-order valence-corrected chi connectivity index (χ0v) is 14.9. The lowest BCUT2D eigenvalue weighted by Crippen LogP contribution is -2.50. The Bertz CT molecular complexity index is 637. The van der Waals surface area contributed by atoms with Crippen molar-refractivity contribution in [1.82, 2.24) is 15.6 Å². The summed E-state index contributed by atoms with van der Waals surface area (Å²) in [5.74, 6) is -1.34. The van der Waals surface area contributed by atoms with E-state index < -0.39 is 18.1 Å². The van der Waals surface area contributed by atoms with Crippen molar-refractivity contribution in [1.29, 1.82) is 0 Å². The molecule has 0 spiro atoms. The number of aromatic carboxylic acids is 1. The maximum atomic E-state index is 12.6. The second-order valence-electron chi connectivity index (χ2n) is 6.22. The summed E-state index contributed by atoms with van der Waals surface area (Å²) in [6.07, 6.45) is 3.98. The fourth-order valence-corrected chi connectivity index (χ4v) is 3.98. The first-order chi connectivity index (χ1) is 11.3. The average molecular weight is 353 g/mol. The van der Waals surface area contributed by atoms with Crippen molar-refractivity contribution in [3.8, 4) is 0 Å². The molecule has 2 atom stereocenters. The third-order valence-corrected chi connectivity index (χ3v) is 5.58. The number of carbonyl (C=O) groups is 3. The number of carboxylic acids is 1. The number of thiazole rings is 1. The van der Waals surface area contributed by atoms with Gasteiger partial charge in [-0.3, -0.25) is 9.59 Å². The van der Waals surface area contributed by atoms with Crippen molar-refractivity contribution in [2.45, 2.75) is 58.5 Å². The number of rotatable bonds is 6. The number of nitrogens with one attached hydrogen (secondary N) is 2. The molecule has 1 aliphatic rings. The second kappa shape index (κ2) is 7.74. The van der Waals surface area contributed by atoms with Crippen LogP contribution in [0.1, 0.15) is 65.9 Å². The number of amides is 2. The molecule has 0 saturated heterocycles. The molecule has 0 aromatic carbocycles. The summed E-state index contributed by atoms with van der Waals surface area (Å²) in [5.41, 5.74) is 0.442. The van der Waals surface area contributed by atoms with Gasteiger partial charge in [0.2, 0.25) is 11.8 Å². The SMILES string of the molecule is CC(=O)NC(C(=O)NC(C)c1nc(C)c(C(=O)O)s1)C1CCCC1. The van der Waals surface area contributed by atoms with E-state index in [1.165, 1.54) is 6.92 Å². The Morgan fingerprint density at radius 2 is 1.88 bits per heavy atom. The second-order valence-corrected chi connectivity index (χ2v) is 7.26. The van der Waals surface area contributed by atoms with Gasteiger partial charge in [-0.15, -0.1) is 11.3 Å². The van der Waals surface area contributed by atoms with E-state index >= 15 is 0 Å². The normalized spacial score (nSPS) is 17.3. The molecule has 0 radical (unpaired) electrons. The lowest BCUT2D eigenvalue weighted by Gasteiger charge is -2.24. The summed E-state index contributed by atoms with van der Waals surface area (Å²) in [5, 5.41) is 15.3. The van der Waals surface area contributed by atoms with Crippen molar-refractivity contribution < 1.29 is 19.5 Å². The van der Waals surface area contributed by atoms with Crippen LogP contribution in [0.3, 0.4) is 0 Å². The van der Waals surface area contributed by atoms with Crippen LogP contribution in [0.25, 0.3) is 0 Å². The van der Waals surface area contributed by atoms with Gasteiger partial charge in [-0.1, -0.05) is 12.8 Å². The lowest BCUT2D eigenvalue weighted by molar-refractivity contribution is -0.129. The van der Waals surface area contributed by atoms with Crippen molar-refractivity contribution in [3.05, 3.63) is 15.6 Å². The van der Waals surface area contributed by atoms with Crippen LogP contribution in [0.4, 0.5) is 0 Å².